The van der Waals surface area contributed by atoms with Gasteiger partial charge in [0.25, 0.3) is 5.91 Å². The lowest BCUT2D eigenvalue weighted by Crippen LogP contribution is -2.36. The Morgan fingerprint density at radius 2 is 1.81 bits per heavy atom. The van der Waals surface area contributed by atoms with Crippen LogP contribution in [0.15, 0.2) is 53.5 Å². The number of amides is 1. The van der Waals surface area contributed by atoms with Gasteiger partial charge in [-0.2, -0.15) is 0 Å². The van der Waals surface area contributed by atoms with E-state index in [1.165, 1.54) is 5.56 Å². The number of carbonyl (C=O) groups is 1. The van der Waals surface area contributed by atoms with Gasteiger partial charge >= 0.3 is 0 Å². The summed E-state index contributed by atoms with van der Waals surface area (Å²) in [7, 11) is 0. The molecule has 5 nitrogen and oxygen atoms in total. The summed E-state index contributed by atoms with van der Waals surface area (Å²) in [5.41, 5.74) is 2.87. The number of anilines is 2. The van der Waals surface area contributed by atoms with Crippen molar-refractivity contribution < 1.29 is 9.53 Å². The highest BCUT2D eigenvalue weighted by molar-refractivity contribution is 6.24. The lowest BCUT2D eigenvalue weighted by atomic mass is 10.2. The number of guanidine groups is 1. The smallest absolute Gasteiger partial charge is 0.255 e. The minimum absolute atomic E-state index is 0. The highest BCUT2D eigenvalue weighted by atomic mass is 35.5. The molecule has 6 heteroatoms. The molecule has 0 aromatic heterocycles. The van der Waals surface area contributed by atoms with Crippen LogP contribution in [0.5, 0.6) is 5.75 Å². The fourth-order valence-electron chi connectivity index (χ4n) is 2.56. The fraction of sp³-hybridized carbons (Fsp3) is 0.300. The number of benzene rings is 2. The van der Waals surface area contributed by atoms with Crippen LogP contribution in [0.25, 0.3) is 0 Å². The van der Waals surface area contributed by atoms with Crippen molar-refractivity contribution in [3.63, 3.8) is 0 Å². The van der Waals surface area contributed by atoms with Crippen molar-refractivity contribution in [1.29, 1.82) is 0 Å². The van der Waals surface area contributed by atoms with Crippen LogP contribution in [0.3, 0.4) is 0 Å². The first kappa shape index (κ1) is 19.8. The van der Waals surface area contributed by atoms with Gasteiger partial charge in [0.1, 0.15) is 12.3 Å². The molecule has 0 spiro atoms. The van der Waals surface area contributed by atoms with Crippen LogP contribution in [0, 0.1) is 6.92 Å². The molecule has 3 rings (SSSR count). The van der Waals surface area contributed by atoms with Crippen LogP contribution in [0.1, 0.15) is 25.3 Å². The number of unbranched alkanes of at least 4 members (excludes halogenated alkanes) is 1. The Morgan fingerprint density at radius 3 is 2.46 bits per heavy atom. The van der Waals surface area contributed by atoms with Crippen molar-refractivity contribution in [1.82, 2.24) is 0 Å². The molecule has 0 atom stereocenters. The molecule has 0 fully saturated rings. The molecular formula is C20H24ClN3O2. The SMILES string of the molecule is CCCCOc1ccc(N2C(=O)CN=C2Nc2ccc(C)cc2)cc1.Cl. The minimum Gasteiger partial charge on any atom is -0.494 e. The number of aryl methyl sites for hydroxylation is 1. The van der Waals surface area contributed by atoms with Crippen molar-refractivity contribution in [2.45, 2.75) is 26.7 Å². The van der Waals surface area contributed by atoms with Crippen LogP contribution in [0.2, 0.25) is 0 Å². The molecular weight excluding hydrogens is 350 g/mol. The molecule has 0 bridgehead atoms. The number of nitrogens with zero attached hydrogens (tertiary/aromatic N) is 2. The topological polar surface area (TPSA) is 53.9 Å². The largest absolute Gasteiger partial charge is 0.494 e. The number of halogens is 1. The van der Waals surface area contributed by atoms with Crippen molar-refractivity contribution in [2.75, 3.05) is 23.4 Å². The molecule has 138 valence electrons. The van der Waals surface area contributed by atoms with E-state index in [0.29, 0.717) is 12.6 Å². The summed E-state index contributed by atoms with van der Waals surface area (Å²) in [6.07, 6.45) is 2.13. The molecule has 1 aliphatic heterocycles. The Morgan fingerprint density at radius 1 is 1.12 bits per heavy atom. The summed E-state index contributed by atoms with van der Waals surface area (Å²) in [5.74, 6) is 1.32. The Hall–Kier alpha value is -2.53. The van der Waals surface area contributed by atoms with Gasteiger partial charge in [0.15, 0.2) is 0 Å². The second-order valence-electron chi connectivity index (χ2n) is 6.06. The minimum atomic E-state index is -0.0470. The van der Waals surface area contributed by atoms with E-state index in [2.05, 4.69) is 17.2 Å². The van der Waals surface area contributed by atoms with Crippen LogP contribution in [-0.4, -0.2) is 25.0 Å². The van der Waals surface area contributed by atoms with E-state index in [1.54, 1.807) is 4.90 Å². The van der Waals surface area contributed by atoms with Crippen molar-refractivity contribution in [2.24, 2.45) is 4.99 Å². The van der Waals surface area contributed by atoms with Crippen LogP contribution >= 0.6 is 12.4 Å². The van der Waals surface area contributed by atoms with Gasteiger partial charge in [0.05, 0.1) is 12.3 Å². The second-order valence-corrected chi connectivity index (χ2v) is 6.06. The summed E-state index contributed by atoms with van der Waals surface area (Å²) in [6.45, 7) is 5.04. The first-order valence-electron chi connectivity index (χ1n) is 8.61. The van der Waals surface area contributed by atoms with Gasteiger partial charge in [-0.1, -0.05) is 31.0 Å². The van der Waals surface area contributed by atoms with E-state index in [4.69, 9.17) is 4.74 Å². The Kier molecular flexibility index (Phi) is 7.04. The van der Waals surface area contributed by atoms with Crippen molar-refractivity contribution in [3.8, 4) is 5.75 Å². The number of aliphatic imine (C=N–C) groups is 1. The molecule has 0 saturated carbocycles. The van der Waals surface area contributed by atoms with Gasteiger partial charge in [-0.3, -0.25) is 4.79 Å². The maximum Gasteiger partial charge on any atom is 0.255 e. The van der Waals surface area contributed by atoms with E-state index >= 15 is 0 Å². The van der Waals surface area contributed by atoms with Crippen molar-refractivity contribution >= 4 is 35.6 Å². The molecule has 0 saturated heterocycles. The zero-order valence-corrected chi connectivity index (χ0v) is 15.9. The number of rotatable bonds is 6. The second kappa shape index (κ2) is 9.25. The molecule has 2 aromatic carbocycles. The lowest BCUT2D eigenvalue weighted by molar-refractivity contribution is -0.115. The van der Waals surface area contributed by atoms with Gasteiger partial charge in [-0.05, 0) is 49.7 Å². The van der Waals surface area contributed by atoms with E-state index in [0.717, 1.165) is 30.0 Å². The van der Waals surface area contributed by atoms with Gasteiger partial charge < -0.3 is 10.1 Å². The van der Waals surface area contributed by atoms with Gasteiger partial charge in [0, 0.05) is 5.69 Å². The van der Waals surface area contributed by atoms with Crippen LogP contribution < -0.4 is 15.0 Å². The van der Waals surface area contributed by atoms with E-state index in [1.807, 2.05) is 55.5 Å². The average Bonchev–Trinajstić information content (AvgIpc) is 2.98. The third kappa shape index (κ3) is 4.76. The molecule has 0 unspecified atom stereocenters. The number of ether oxygens (including phenoxy) is 1. The summed E-state index contributed by atoms with van der Waals surface area (Å²) in [5, 5.41) is 3.23. The Labute approximate surface area is 160 Å². The molecule has 1 N–H and O–H groups in total. The Balaban J connectivity index is 0.00000243. The first-order valence-corrected chi connectivity index (χ1v) is 8.61. The third-order valence-corrected chi connectivity index (χ3v) is 3.99. The maximum atomic E-state index is 12.3. The normalized spacial score (nSPS) is 13.2. The molecule has 0 aliphatic carbocycles. The molecule has 2 aromatic rings. The summed E-state index contributed by atoms with van der Waals surface area (Å²) < 4.78 is 5.68. The molecule has 1 amide bonds. The third-order valence-electron chi connectivity index (χ3n) is 3.99. The fourth-order valence-corrected chi connectivity index (χ4v) is 2.56. The summed E-state index contributed by atoms with van der Waals surface area (Å²) in [4.78, 5) is 18.2. The van der Waals surface area contributed by atoms with Crippen LogP contribution in [0.4, 0.5) is 11.4 Å². The highest BCUT2D eigenvalue weighted by Crippen LogP contribution is 2.23. The van der Waals surface area contributed by atoms with Crippen molar-refractivity contribution in [3.05, 3.63) is 54.1 Å². The van der Waals surface area contributed by atoms with Gasteiger partial charge in [-0.25, -0.2) is 9.89 Å². The summed E-state index contributed by atoms with van der Waals surface area (Å²) >= 11 is 0. The van der Waals surface area contributed by atoms with E-state index in [-0.39, 0.29) is 24.9 Å². The first-order chi connectivity index (χ1) is 12.2. The zero-order chi connectivity index (χ0) is 17.6. The summed E-state index contributed by atoms with van der Waals surface area (Å²) in [6, 6.07) is 15.5. The number of nitrogens with one attached hydrogen (secondary N) is 1. The lowest BCUT2D eigenvalue weighted by Gasteiger charge is -2.20. The molecule has 1 heterocycles. The van der Waals surface area contributed by atoms with E-state index in [9.17, 15) is 4.79 Å². The average molecular weight is 374 g/mol. The van der Waals surface area contributed by atoms with Crippen LogP contribution in [-0.2, 0) is 4.79 Å². The predicted molar refractivity (Wildman–Crippen MR) is 109 cm³/mol. The monoisotopic (exact) mass is 373 g/mol. The maximum absolute atomic E-state index is 12.3. The molecule has 26 heavy (non-hydrogen) atoms. The molecule has 1 aliphatic rings. The standard InChI is InChI=1S/C20H23N3O2.ClH/c1-3-4-13-25-18-11-9-17(10-12-18)23-19(24)14-21-20(23)22-16-7-5-15(2)6-8-16;/h5-12H,3-4,13-14H2,1-2H3,(H,21,22);1H. The molecule has 0 radical (unpaired) electrons. The Bertz CT molecular complexity index is 758. The van der Waals surface area contributed by atoms with Gasteiger partial charge in [0.2, 0.25) is 5.96 Å². The van der Waals surface area contributed by atoms with Gasteiger partial charge in [-0.15, -0.1) is 12.4 Å². The number of carbonyl (C=O) groups excluding carboxylic acids is 1. The predicted octanol–water partition coefficient (Wildman–Crippen LogP) is 4.41. The highest BCUT2D eigenvalue weighted by Gasteiger charge is 2.27. The quantitative estimate of drug-likeness (QED) is 0.763. The number of hydrogen-bond acceptors (Lipinski definition) is 4. The van der Waals surface area contributed by atoms with E-state index < -0.39 is 0 Å². The number of hydrogen-bond donors (Lipinski definition) is 1. The zero-order valence-electron chi connectivity index (χ0n) is 15.1.